The lowest BCUT2D eigenvalue weighted by Gasteiger charge is -2.22. The molecule has 1 fully saturated rings. The van der Waals surface area contributed by atoms with Crippen LogP contribution in [0, 0.1) is 11.3 Å². The summed E-state index contributed by atoms with van der Waals surface area (Å²) >= 11 is 3.11. The minimum Gasteiger partial charge on any atom is -0.480 e. The Bertz CT molecular complexity index is 277. The second-order valence-corrected chi connectivity index (χ2v) is 6.71. The van der Waals surface area contributed by atoms with Gasteiger partial charge in [-0.1, -0.05) is 6.92 Å². The molecule has 0 bridgehead atoms. The molecule has 0 aromatic carbocycles. The van der Waals surface area contributed by atoms with Crippen molar-refractivity contribution in [3.8, 4) is 6.07 Å². The van der Waals surface area contributed by atoms with E-state index in [0.717, 1.165) is 12.2 Å². The lowest BCUT2D eigenvalue weighted by atomic mass is 10.2. The molecule has 0 aromatic rings. The van der Waals surface area contributed by atoms with Crippen LogP contribution in [0.2, 0.25) is 0 Å². The van der Waals surface area contributed by atoms with Crippen LogP contribution in [0.1, 0.15) is 32.6 Å². The van der Waals surface area contributed by atoms with Crippen LogP contribution in [-0.4, -0.2) is 26.2 Å². The Morgan fingerprint density at radius 3 is 2.93 bits per heavy atom. The van der Waals surface area contributed by atoms with Crippen molar-refractivity contribution in [3.63, 3.8) is 0 Å². The summed E-state index contributed by atoms with van der Waals surface area (Å²) in [7, 11) is 0. The van der Waals surface area contributed by atoms with Gasteiger partial charge in [0.1, 0.15) is 0 Å². The predicted octanol–water partition coefficient (Wildman–Crippen LogP) is 2.72. The lowest BCUT2D eigenvalue weighted by Crippen LogP contribution is -2.29. The molecule has 5 heteroatoms. The van der Waals surface area contributed by atoms with E-state index in [2.05, 4.69) is 13.0 Å². The first-order valence-corrected chi connectivity index (χ1v) is 6.93. The zero-order valence-electron chi connectivity index (χ0n) is 8.73. The van der Waals surface area contributed by atoms with E-state index in [4.69, 9.17) is 5.26 Å². The van der Waals surface area contributed by atoms with E-state index in [1.165, 1.54) is 11.8 Å². The highest BCUT2D eigenvalue weighted by molar-refractivity contribution is 8.22. The van der Waals surface area contributed by atoms with Crippen LogP contribution in [-0.2, 0) is 4.79 Å². The molecular weight excluding hydrogens is 230 g/mol. The Kier molecular flexibility index (Phi) is 4.81. The summed E-state index contributed by atoms with van der Waals surface area (Å²) in [5.41, 5.74) is 0. The fourth-order valence-corrected chi connectivity index (χ4v) is 5.05. The SMILES string of the molecule is CCC1CSC(CCCC#N)(C(=O)O)S1. The van der Waals surface area contributed by atoms with Gasteiger partial charge in [0.25, 0.3) is 0 Å². The molecule has 3 nitrogen and oxygen atoms in total. The van der Waals surface area contributed by atoms with Gasteiger partial charge in [0.15, 0.2) is 4.08 Å². The second kappa shape index (κ2) is 5.66. The minimum atomic E-state index is -0.730. The van der Waals surface area contributed by atoms with E-state index in [1.807, 2.05) is 0 Å². The largest absolute Gasteiger partial charge is 0.480 e. The molecule has 1 rings (SSSR count). The summed E-state index contributed by atoms with van der Waals surface area (Å²) in [6.45, 7) is 2.09. The molecule has 0 radical (unpaired) electrons. The van der Waals surface area contributed by atoms with Crippen LogP contribution in [0.5, 0.6) is 0 Å². The van der Waals surface area contributed by atoms with Crippen molar-refractivity contribution in [3.05, 3.63) is 0 Å². The molecule has 1 aliphatic heterocycles. The van der Waals surface area contributed by atoms with Crippen LogP contribution < -0.4 is 0 Å². The average molecular weight is 245 g/mol. The number of carbonyl (C=O) groups is 1. The van der Waals surface area contributed by atoms with Crippen molar-refractivity contribution >= 4 is 29.5 Å². The Morgan fingerprint density at radius 1 is 1.73 bits per heavy atom. The Balaban J connectivity index is 2.57. The van der Waals surface area contributed by atoms with Crippen LogP contribution in [0.25, 0.3) is 0 Å². The van der Waals surface area contributed by atoms with Crippen molar-refractivity contribution in [1.82, 2.24) is 0 Å². The van der Waals surface area contributed by atoms with Gasteiger partial charge in [0.2, 0.25) is 0 Å². The monoisotopic (exact) mass is 245 g/mol. The first kappa shape index (κ1) is 12.7. The molecule has 0 aromatic heterocycles. The third-order valence-electron chi connectivity index (χ3n) is 2.44. The first-order valence-electron chi connectivity index (χ1n) is 5.06. The van der Waals surface area contributed by atoms with E-state index in [1.54, 1.807) is 11.8 Å². The summed E-state index contributed by atoms with van der Waals surface area (Å²) in [5.74, 6) is 0.186. The molecule has 0 amide bonds. The third kappa shape index (κ3) is 3.05. The molecule has 2 atom stereocenters. The number of carboxylic acids is 1. The maximum atomic E-state index is 11.3. The molecule has 84 valence electrons. The number of nitrogens with zero attached hydrogens (tertiary/aromatic N) is 1. The second-order valence-electron chi connectivity index (χ2n) is 3.53. The number of thioether (sulfide) groups is 2. The zero-order valence-corrected chi connectivity index (χ0v) is 10.4. The van der Waals surface area contributed by atoms with Gasteiger partial charge in [-0.15, -0.1) is 23.5 Å². The predicted molar refractivity (Wildman–Crippen MR) is 64.0 cm³/mol. The summed E-state index contributed by atoms with van der Waals surface area (Å²) < 4.78 is -0.683. The molecule has 0 aliphatic carbocycles. The summed E-state index contributed by atoms with van der Waals surface area (Å²) in [4.78, 5) is 11.3. The third-order valence-corrected chi connectivity index (χ3v) is 6.30. The van der Waals surface area contributed by atoms with Gasteiger partial charge >= 0.3 is 5.97 Å². The fraction of sp³-hybridized carbons (Fsp3) is 0.800. The van der Waals surface area contributed by atoms with Crippen LogP contribution in [0.4, 0.5) is 0 Å². The molecule has 2 unspecified atom stereocenters. The Hall–Kier alpha value is -0.340. The van der Waals surface area contributed by atoms with Crippen LogP contribution in [0.15, 0.2) is 0 Å². The number of aliphatic carboxylic acids is 1. The van der Waals surface area contributed by atoms with Gasteiger partial charge in [-0.25, -0.2) is 4.79 Å². The lowest BCUT2D eigenvalue weighted by molar-refractivity contribution is -0.137. The normalized spacial score (nSPS) is 30.0. The van der Waals surface area contributed by atoms with Crippen LogP contribution >= 0.6 is 23.5 Å². The van der Waals surface area contributed by atoms with Gasteiger partial charge in [0.05, 0.1) is 6.07 Å². The van der Waals surface area contributed by atoms with E-state index in [-0.39, 0.29) is 0 Å². The van der Waals surface area contributed by atoms with Crippen molar-refractivity contribution in [2.45, 2.75) is 41.9 Å². The quantitative estimate of drug-likeness (QED) is 0.755. The number of nitriles is 1. The molecular formula is C10H15NO2S2. The standard InChI is InChI=1S/C10H15NO2S2/c1-2-8-7-14-10(15-8,9(12)13)5-3-4-6-11/h8H,2-5,7H2,1H3,(H,12,13). The van der Waals surface area contributed by atoms with E-state index < -0.39 is 10.0 Å². The van der Waals surface area contributed by atoms with Crippen LogP contribution in [0.3, 0.4) is 0 Å². The number of carboxylic acid groups (broad SMARTS) is 1. The Morgan fingerprint density at radius 2 is 2.47 bits per heavy atom. The summed E-state index contributed by atoms with van der Waals surface area (Å²) in [6.07, 6.45) is 2.75. The van der Waals surface area contributed by atoms with Gasteiger partial charge < -0.3 is 5.11 Å². The molecule has 0 spiro atoms. The number of rotatable bonds is 5. The van der Waals surface area contributed by atoms with Gasteiger partial charge in [-0.05, 0) is 19.3 Å². The Labute approximate surface area is 98.6 Å². The highest BCUT2D eigenvalue weighted by Gasteiger charge is 2.46. The van der Waals surface area contributed by atoms with E-state index in [0.29, 0.717) is 24.5 Å². The highest BCUT2D eigenvalue weighted by Crippen LogP contribution is 2.52. The average Bonchev–Trinajstić information content (AvgIpc) is 2.63. The molecule has 1 N–H and O–H groups in total. The summed E-state index contributed by atoms with van der Waals surface area (Å²) in [6, 6.07) is 2.06. The van der Waals surface area contributed by atoms with Crippen molar-refractivity contribution in [2.24, 2.45) is 0 Å². The van der Waals surface area contributed by atoms with E-state index in [9.17, 15) is 9.90 Å². The van der Waals surface area contributed by atoms with Gasteiger partial charge in [-0.2, -0.15) is 5.26 Å². The maximum Gasteiger partial charge on any atom is 0.330 e. The number of unbranched alkanes of at least 4 members (excludes halogenated alkanes) is 1. The molecule has 1 aliphatic rings. The summed E-state index contributed by atoms with van der Waals surface area (Å²) in [5, 5.41) is 18.2. The van der Waals surface area contributed by atoms with Crippen molar-refractivity contribution in [1.29, 1.82) is 5.26 Å². The molecule has 0 saturated carbocycles. The maximum absolute atomic E-state index is 11.3. The van der Waals surface area contributed by atoms with E-state index >= 15 is 0 Å². The van der Waals surface area contributed by atoms with Crippen molar-refractivity contribution in [2.75, 3.05) is 5.75 Å². The minimum absolute atomic E-state index is 0.451. The molecule has 15 heavy (non-hydrogen) atoms. The first-order chi connectivity index (χ1) is 7.14. The fourth-order valence-electron chi connectivity index (χ4n) is 1.52. The number of hydrogen-bond acceptors (Lipinski definition) is 4. The smallest absolute Gasteiger partial charge is 0.330 e. The highest BCUT2D eigenvalue weighted by atomic mass is 32.2. The number of hydrogen-bond donors (Lipinski definition) is 1. The zero-order chi connectivity index (χ0) is 11.3. The topological polar surface area (TPSA) is 61.1 Å². The van der Waals surface area contributed by atoms with Gasteiger partial charge in [-0.3, -0.25) is 0 Å². The van der Waals surface area contributed by atoms with Gasteiger partial charge in [0, 0.05) is 17.4 Å². The van der Waals surface area contributed by atoms with Crippen molar-refractivity contribution < 1.29 is 9.90 Å². The molecule has 1 heterocycles. The molecule has 1 saturated heterocycles.